The largest absolute Gasteiger partial charge is 0.465 e. The highest BCUT2D eigenvalue weighted by Crippen LogP contribution is 2.37. The molecule has 2 atom stereocenters. The predicted octanol–water partition coefficient (Wildman–Crippen LogP) is 3.86. The van der Waals surface area contributed by atoms with Gasteiger partial charge in [-0.2, -0.15) is 0 Å². The Morgan fingerprint density at radius 1 is 1.17 bits per heavy atom. The zero-order valence-corrected chi connectivity index (χ0v) is 18.8. The van der Waals surface area contributed by atoms with Crippen molar-refractivity contribution in [2.75, 3.05) is 20.2 Å². The highest BCUT2D eigenvalue weighted by molar-refractivity contribution is 5.92. The van der Waals surface area contributed by atoms with Crippen LogP contribution in [-0.2, 0) is 19.7 Å². The van der Waals surface area contributed by atoms with E-state index in [9.17, 15) is 9.59 Å². The summed E-state index contributed by atoms with van der Waals surface area (Å²) in [4.78, 5) is 24.8. The van der Waals surface area contributed by atoms with Crippen molar-refractivity contribution in [2.24, 2.45) is 5.92 Å². The first-order valence-corrected chi connectivity index (χ1v) is 10.2. The minimum absolute atomic E-state index is 0.159. The van der Waals surface area contributed by atoms with Crippen LogP contribution in [0.5, 0.6) is 5.75 Å². The molecule has 0 aromatic heterocycles. The molecule has 162 valence electrons. The SMILES string of the molecule is COC(=O)c1ccc(C(C)(C)C)cc1OC(C=O)(OC(C)(C)C)C1CCCNC1. The first-order chi connectivity index (χ1) is 13.4. The van der Waals surface area contributed by atoms with E-state index in [2.05, 4.69) is 26.1 Å². The Hall–Kier alpha value is -1.92. The average Bonchev–Trinajstić information content (AvgIpc) is 2.65. The van der Waals surface area contributed by atoms with E-state index in [1.54, 1.807) is 6.07 Å². The number of piperidine rings is 1. The maximum atomic E-state index is 12.4. The quantitative estimate of drug-likeness (QED) is 0.440. The smallest absolute Gasteiger partial charge is 0.341 e. The molecule has 1 saturated heterocycles. The molecule has 1 aromatic carbocycles. The molecule has 29 heavy (non-hydrogen) atoms. The average molecular weight is 406 g/mol. The topological polar surface area (TPSA) is 73.9 Å². The van der Waals surface area contributed by atoms with Gasteiger partial charge in [0.1, 0.15) is 11.3 Å². The third-order valence-corrected chi connectivity index (χ3v) is 5.02. The number of carbonyl (C=O) groups is 2. The summed E-state index contributed by atoms with van der Waals surface area (Å²) in [6, 6.07) is 5.38. The van der Waals surface area contributed by atoms with E-state index in [0.29, 0.717) is 12.3 Å². The predicted molar refractivity (Wildman–Crippen MR) is 112 cm³/mol. The zero-order chi connectivity index (χ0) is 21.9. The molecule has 0 bridgehead atoms. The van der Waals surface area contributed by atoms with Gasteiger partial charge in [0.05, 0.1) is 12.7 Å². The first-order valence-electron chi connectivity index (χ1n) is 10.2. The van der Waals surface area contributed by atoms with Gasteiger partial charge in [0.2, 0.25) is 0 Å². The lowest BCUT2D eigenvalue weighted by atomic mass is 9.86. The maximum absolute atomic E-state index is 12.4. The van der Waals surface area contributed by atoms with Crippen molar-refractivity contribution >= 4 is 12.3 Å². The molecule has 0 amide bonds. The van der Waals surface area contributed by atoms with Crippen molar-refractivity contribution < 1.29 is 23.8 Å². The van der Waals surface area contributed by atoms with Crippen LogP contribution in [0.15, 0.2) is 18.2 Å². The van der Waals surface area contributed by atoms with Gasteiger partial charge >= 0.3 is 5.97 Å². The van der Waals surface area contributed by atoms with Crippen LogP contribution < -0.4 is 10.1 Å². The number of rotatable bonds is 6. The summed E-state index contributed by atoms with van der Waals surface area (Å²) in [6.45, 7) is 13.4. The monoisotopic (exact) mass is 405 g/mol. The number of benzene rings is 1. The van der Waals surface area contributed by atoms with E-state index in [4.69, 9.17) is 14.2 Å². The fourth-order valence-corrected chi connectivity index (χ4v) is 3.53. The minimum atomic E-state index is -1.51. The molecule has 1 fully saturated rings. The summed E-state index contributed by atoms with van der Waals surface area (Å²) in [7, 11) is 1.33. The standard InChI is InChI=1S/C23H35NO5/c1-21(2,3)16-10-11-18(20(26)27-7)19(13-16)28-23(15-25,29-22(4,5)6)17-9-8-12-24-14-17/h10-11,13,15,17,24H,8-9,12,14H2,1-7H3. The fourth-order valence-electron chi connectivity index (χ4n) is 3.53. The summed E-state index contributed by atoms with van der Waals surface area (Å²) < 4.78 is 17.5. The van der Waals surface area contributed by atoms with Crippen molar-refractivity contribution in [3.63, 3.8) is 0 Å². The molecule has 0 spiro atoms. The number of carbonyl (C=O) groups excluding carboxylic acids is 2. The van der Waals surface area contributed by atoms with Crippen molar-refractivity contribution in [2.45, 2.75) is 71.2 Å². The highest BCUT2D eigenvalue weighted by atomic mass is 16.7. The maximum Gasteiger partial charge on any atom is 0.341 e. The lowest BCUT2D eigenvalue weighted by Crippen LogP contribution is -2.56. The number of esters is 1. The normalized spacial score (nSPS) is 19.9. The summed E-state index contributed by atoms with van der Waals surface area (Å²) in [5.41, 5.74) is 0.477. The zero-order valence-electron chi connectivity index (χ0n) is 18.8. The summed E-state index contributed by atoms with van der Waals surface area (Å²) in [5, 5.41) is 3.32. The van der Waals surface area contributed by atoms with Crippen LogP contribution in [-0.4, -0.2) is 43.8 Å². The third kappa shape index (κ3) is 5.80. The third-order valence-electron chi connectivity index (χ3n) is 5.02. The van der Waals surface area contributed by atoms with Crippen molar-refractivity contribution in [3.8, 4) is 5.75 Å². The van der Waals surface area contributed by atoms with Gasteiger partial charge in [0.15, 0.2) is 6.29 Å². The summed E-state index contributed by atoms with van der Waals surface area (Å²) in [5.74, 6) is -1.91. The fraction of sp³-hybridized carbons (Fsp3) is 0.652. The van der Waals surface area contributed by atoms with Gasteiger partial charge in [-0.3, -0.25) is 4.79 Å². The molecule has 0 radical (unpaired) electrons. The molecule has 2 unspecified atom stereocenters. The molecule has 1 heterocycles. The molecule has 2 rings (SSSR count). The Morgan fingerprint density at radius 3 is 2.34 bits per heavy atom. The van der Waals surface area contributed by atoms with Crippen LogP contribution in [0.25, 0.3) is 0 Å². The van der Waals surface area contributed by atoms with Crippen molar-refractivity contribution in [1.82, 2.24) is 5.32 Å². The molecule has 1 aliphatic rings. The molecule has 0 aliphatic carbocycles. The first kappa shape index (κ1) is 23.4. The summed E-state index contributed by atoms with van der Waals surface area (Å²) >= 11 is 0. The molecule has 1 N–H and O–H groups in total. The molecule has 6 heteroatoms. The summed E-state index contributed by atoms with van der Waals surface area (Å²) in [6.07, 6.45) is 2.44. The van der Waals surface area contributed by atoms with Crippen LogP contribution in [0.4, 0.5) is 0 Å². The van der Waals surface area contributed by atoms with Gasteiger partial charge in [-0.25, -0.2) is 4.79 Å². The second-order valence-electron chi connectivity index (χ2n) is 9.65. The number of methoxy groups -OCH3 is 1. The van der Waals surface area contributed by atoms with Crippen LogP contribution in [0.2, 0.25) is 0 Å². The molecule has 6 nitrogen and oxygen atoms in total. The molecule has 0 saturated carbocycles. The van der Waals surface area contributed by atoms with Gasteiger partial charge in [0.25, 0.3) is 5.79 Å². The van der Waals surface area contributed by atoms with Gasteiger partial charge in [-0.05, 0) is 63.3 Å². The molecular weight excluding hydrogens is 370 g/mol. The minimum Gasteiger partial charge on any atom is -0.465 e. The number of ether oxygens (including phenoxy) is 3. The highest BCUT2D eigenvalue weighted by Gasteiger charge is 2.46. The Bertz CT molecular complexity index is 726. The Balaban J connectivity index is 2.58. The van der Waals surface area contributed by atoms with E-state index < -0.39 is 17.4 Å². The number of hydrogen-bond acceptors (Lipinski definition) is 6. The van der Waals surface area contributed by atoms with Crippen LogP contribution in [0.1, 0.15) is 70.3 Å². The number of hydrogen-bond donors (Lipinski definition) is 1. The van der Waals surface area contributed by atoms with Gasteiger partial charge in [0, 0.05) is 12.5 Å². The Morgan fingerprint density at radius 2 is 1.86 bits per heavy atom. The van der Waals surface area contributed by atoms with Crippen LogP contribution in [0.3, 0.4) is 0 Å². The van der Waals surface area contributed by atoms with E-state index in [-0.39, 0.29) is 16.9 Å². The Labute approximate surface area is 174 Å². The van der Waals surface area contributed by atoms with E-state index in [1.807, 2.05) is 32.9 Å². The van der Waals surface area contributed by atoms with Gasteiger partial charge in [-0.1, -0.05) is 26.8 Å². The van der Waals surface area contributed by atoms with Crippen molar-refractivity contribution in [3.05, 3.63) is 29.3 Å². The second kappa shape index (κ2) is 8.84. The van der Waals surface area contributed by atoms with Crippen LogP contribution >= 0.6 is 0 Å². The van der Waals surface area contributed by atoms with Gasteiger partial charge in [-0.15, -0.1) is 0 Å². The number of aldehydes is 1. The molecular formula is C23H35NO5. The molecule has 1 aliphatic heterocycles. The van der Waals surface area contributed by atoms with E-state index in [0.717, 1.165) is 31.2 Å². The van der Waals surface area contributed by atoms with E-state index >= 15 is 0 Å². The number of nitrogens with one attached hydrogen (secondary N) is 1. The van der Waals surface area contributed by atoms with Crippen LogP contribution in [0, 0.1) is 5.92 Å². The lowest BCUT2D eigenvalue weighted by Gasteiger charge is -2.42. The lowest BCUT2D eigenvalue weighted by molar-refractivity contribution is -0.244. The van der Waals surface area contributed by atoms with Crippen molar-refractivity contribution in [1.29, 1.82) is 0 Å². The van der Waals surface area contributed by atoms with E-state index in [1.165, 1.54) is 7.11 Å². The second-order valence-corrected chi connectivity index (χ2v) is 9.65. The van der Waals surface area contributed by atoms with Gasteiger partial charge < -0.3 is 19.5 Å². The Kier molecular flexibility index (Phi) is 7.12. The molecule has 1 aromatic rings.